The Bertz CT molecular complexity index is 500. The van der Waals surface area contributed by atoms with E-state index in [0.29, 0.717) is 5.89 Å². The van der Waals surface area contributed by atoms with E-state index < -0.39 is 0 Å². The molecule has 4 heteroatoms. The summed E-state index contributed by atoms with van der Waals surface area (Å²) in [4.78, 5) is 14.9. The van der Waals surface area contributed by atoms with Gasteiger partial charge in [-0.05, 0) is 24.3 Å². The maximum Gasteiger partial charge on any atom is 0.221 e. The molecule has 0 fully saturated rings. The predicted octanol–water partition coefficient (Wildman–Crippen LogP) is 2.61. The minimum absolute atomic E-state index is 0.0803. The molecular formula is C12H12N2O2. The van der Waals surface area contributed by atoms with E-state index in [2.05, 4.69) is 10.3 Å². The SMILES string of the molecule is CC(=O)Nc1ccc(-c2cnc(C)o2)cc1. The summed E-state index contributed by atoms with van der Waals surface area (Å²) >= 11 is 0. The Hall–Kier alpha value is -2.10. The van der Waals surface area contributed by atoms with Crippen molar-refractivity contribution in [1.82, 2.24) is 4.98 Å². The summed E-state index contributed by atoms with van der Waals surface area (Å²) in [6.07, 6.45) is 1.68. The van der Waals surface area contributed by atoms with Crippen LogP contribution in [0, 0.1) is 6.92 Å². The minimum atomic E-state index is -0.0803. The van der Waals surface area contributed by atoms with Crippen molar-refractivity contribution in [3.05, 3.63) is 36.4 Å². The second kappa shape index (κ2) is 4.18. The third-order valence-corrected chi connectivity index (χ3v) is 2.11. The molecule has 1 heterocycles. The van der Waals surface area contributed by atoms with E-state index in [0.717, 1.165) is 17.0 Å². The molecule has 1 N–H and O–H groups in total. The van der Waals surface area contributed by atoms with E-state index in [4.69, 9.17) is 4.42 Å². The van der Waals surface area contributed by atoms with Crippen LogP contribution >= 0.6 is 0 Å². The summed E-state index contributed by atoms with van der Waals surface area (Å²) in [6.45, 7) is 3.28. The number of carbonyl (C=O) groups excluding carboxylic acids is 1. The number of nitrogens with one attached hydrogen (secondary N) is 1. The van der Waals surface area contributed by atoms with Crippen molar-refractivity contribution in [3.63, 3.8) is 0 Å². The molecule has 16 heavy (non-hydrogen) atoms. The van der Waals surface area contributed by atoms with Gasteiger partial charge in [0, 0.05) is 25.1 Å². The second-order valence-corrected chi connectivity index (χ2v) is 3.50. The Balaban J connectivity index is 2.22. The van der Waals surface area contributed by atoms with Crippen molar-refractivity contribution >= 4 is 11.6 Å². The Morgan fingerprint density at radius 1 is 1.31 bits per heavy atom. The highest BCUT2D eigenvalue weighted by atomic mass is 16.4. The molecule has 0 radical (unpaired) electrons. The van der Waals surface area contributed by atoms with Crippen LogP contribution in [0.15, 0.2) is 34.9 Å². The van der Waals surface area contributed by atoms with Crippen molar-refractivity contribution in [2.24, 2.45) is 0 Å². The molecule has 0 saturated heterocycles. The third-order valence-electron chi connectivity index (χ3n) is 2.11. The third kappa shape index (κ3) is 2.28. The second-order valence-electron chi connectivity index (χ2n) is 3.50. The van der Waals surface area contributed by atoms with Gasteiger partial charge in [0.15, 0.2) is 11.7 Å². The molecule has 82 valence electrons. The molecule has 0 saturated carbocycles. The number of hydrogen-bond acceptors (Lipinski definition) is 3. The number of benzene rings is 1. The van der Waals surface area contributed by atoms with Crippen molar-refractivity contribution in [1.29, 1.82) is 0 Å². The minimum Gasteiger partial charge on any atom is -0.441 e. The van der Waals surface area contributed by atoms with Crippen molar-refractivity contribution < 1.29 is 9.21 Å². The number of anilines is 1. The molecule has 4 nitrogen and oxygen atoms in total. The Labute approximate surface area is 93.3 Å². The van der Waals surface area contributed by atoms with Gasteiger partial charge in [-0.1, -0.05) is 0 Å². The molecule has 1 aromatic heterocycles. The number of aryl methyl sites for hydroxylation is 1. The molecule has 0 spiro atoms. The maximum absolute atomic E-state index is 10.8. The van der Waals surface area contributed by atoms with Crippen molar-refractivity contribution in [2.45, 2.75) is 13.8 Å². The lowest BCUT2D eigenvalue weighted by Crippen LogP contribution is -2.05. The van der Waals surface area contributed by atoms with Crippen molar-refractivity contribution in [3.8, 4) is 11.3 Å². The summed E-state index contributed by atoms with van der Waals surface area (Å²) < 4.78 is 5.39. The van der Waals surface area contributed by atoms with E-state index in [1.54, 1.807) is 13.1 Å². The zero-order valence-electron chi connectivity index (χ0n) is 9.15. The average molecular weight is 216 g/mol. The van der Waals surface area contributed by atoms with Crippen LogP contribution in [0.1, 0.15) is 12.8 Å². The highest BCUT2D eigenvalue weighted by molar-refractivity contribution is 5.88. The number of rotatable bonds is 2. The van der Waals surface area contributed by atoms with Gasteiger partial charge in [0.2, 0.25) is 5.91 Å². The Kier molecular flexibility index (Phi) is 2.72. The maximum atomic E-state index is 10.8. The number of oxazole rings is 1. The van der Waals surface area contributed by atoms with Crippen LogP contribution in [0.5, 0.6) is 0 Å². The molecular weight excluding hydrogens is 204 g/mol. The van der Waals surface area contributed by atoms with Crippen LogP contribution < -0.4 is 5.32 Å². The molecule has 0 bridgehead atoms. The quantitative estimate of drug-likeness (QED) is 0.839. The normalized spacial score (nSPS) is 10.1. The molecule has 0 aliphatic carbocycles. The zero-order valence-corrected chi connectivity index (χ0v) is 9.15. The summed E-state index contributed by atoms with van der Waals surface area (Å²) in [7, 11) is 0. The summed E-state index contributed by atoms with van der Waals surface area (Å²) in [5.74, 6) is 1.29. The summed E-state index contributed by atoms with van der Waals surface area (Å²) in [6, 6.07) is 7.42. The van der Waals surface area contributed by atoms with Gasteiger partial charge in [0.05, 0.1) is 6.20 Å². The molecule has 1 aromatic carbocycles. The zero-order chi connectivity index (χ0) is 11.5. The van der Waals surface area contributed by atoms with Gasteiger partial charge in [-0.3, -0.25) is 4.79 Å². The first-order valence-electron chi connectivity index (χ1n) is 4.95. The lowest BCUT2D eigenvalue weighted by Gasteiger charge is -2.02. The molecule has 0 aliphatic heterocycles. The Morgan fingerprint density at radius 2 is 2.00 bits per heavy atom. The first-order chi connectivity index (χ1) is 7.65. The van der Waals surface area contributed by atoms with Crippen LogP contribution in [-0.2, 0) is 4.79 Å². The summed E-state index contributed by atoms with van der Waals surface area (Å²) in [5, 5.41) is 2.70. The lowest BCUT2D eigenvalue weighted by atomic mass is 10.2. The van der Waals surface area contributed by atoms with E-state index in [1.807, 2.05) is 24.3 Å². The largest absolute Gasteiger partial charge is 0.441 e. The van der Waals surface area contributed by atoms with E-state index in [1.165, 1.54) is 6.92 Å². The number of amides is 1. The average Bonchev–Trinajstić information content (AvgIpc) is 2.65. The van der Waals surface area contributed by atoms with Gasteiger partial charge in [-0.2, -0.15) is 0 Å². The van der Waals surface area contributed by atoms with Gasteiger partial charge in [0.25, 0.3) is 0 Å². The number of carbonyl (C=O) groups is 1. The first-order valence-corrected chi connectivity index (χ1v) is 4.95. The van der Waals surface area contributed by atoms with Crippen LogP contribution in [0.4, 0.5) is 5.69 Å². The number of hydrogen-bond donors (Lipinski definition) is 1. The predicted molar refractivity (Wildman–Crippen MR) is 61.0 cm³/mol. The Morgan fingerprint density at radius 3 is 2.50 bits per heavy atom. The van der Waals surface area contributed by atoms with Crippen LogP contribution in [0.25, 0.3) is 11.3 Å². The standard InChI is InChI=1S/C12H12N2O2/c1-8(15)14-11-5-3-10(4-6-11)12-7-13-9(2)16-12/h3-7H,1-2H3,(H,14,15). The molecule has 0 aliphatic rings. The molecule has 2 aromatic rings. The molecule has 2 rings (SSSR count). The fraction of sp³-hybridized carbons (Fsp3) is 0.167. The van der Waals surface area contributed by atoms with E-state index in [9.17, 15) is 4.79 Å². The van der Waals surface area contributed by atoms with Crippen LogP contribution in [0.2, 0.25) is 0 Å². The van der Waals surface area contributed by atoms with Gasteiger partial charge in [-0.25, -0.2) is 4.98 Å². The molecule has 0 atom stereocenters. The monoisotopic (exact) mass is 216 g/mol. The fourth-order valence-electron chi connectivity index (χ4n) is 1.42. The van der Waals surface area contributed by atoms with Crippen LogP contribution in [0.3, 0.4) is 0 Å². The summed E-state index contributed by atoms with van der Waals surface area (Å²) in [5.41, 5.74) is 1.71. The van der Waals surface area contributed by atoms with Gasteiger partial charge in [-0.15, -0.1) is 0 Å². The highest BCUT2D eigenvalue weighted by Gasteiger charge is 2.03. The van der Waals surface area contributed by atoms with Crippen molar-refractivity contribution in [2.75, 3.05) is 5.32 Å². The fourth-order valence-corrected chi connectivity index (χ4v) is 1.42. The van der Waals surface area contributed by atoms with Gasteiger partial charge in [0.1, 0.15) is 0 Å². The van der Waals surface area contributed by atoms with Gasteiger partial charge < -0.3 is 9.73 Å². The van der Waals surface area contributed by atoms with Gasteiger partial charge >= 0.3 is 0 Å². The molecule has 0 unspecified atom stereocenters. The van der Waals surface area contributed by atoms with E-state index >= 15 is 0 Å². The number of aromatic nitrogens is 1. The number of nitrogens with zero attached hydrogens (tertiary/aromatic N) is 1. The van der Waals surface area contributed by atoms with E-state index in [-0.39, 0.29) is 5.91 Å². The lowest BCUT2D eigenvalue weighted by molar-refractivity contribution is -0.114. The van der Waals surface area contributed by atoms with Crippen LogP contribution in [-0.4, -0.2) is 10.9 Å². The smallest absolute Gasteiger partial charge is 0.221 e. The highest BCUT2D eigenvalue weighted by Crippen LogP contribution is 2.21. The molecule has 1 amide bonds. The topological polar surface area (TPSA) is 55.1 Å². The first kappa shape index (κ1) is 10.4.